The Kier molecular flexibility index (Phi) is 4.53. The minimum Gasteiger partial charge on any atom is -0.504 e. The minimum absolute atomic E-state index is 0.155. The largest absolute Gasteiger partial charge is 0.504 e. The lowest BCUT2D eigenvalue weighted by atomic mass is 9.97. The van der Waals surface area contributed by atoms with Crippen LogP contribution in [0.5, 0.6) is 23.0 Å². The SMILES string of the molecule is CCNC(=O)Oc1cc(O)c2c(c1)OC(c1ccccc1)(c1ccccc1)O2. The first-order chi connectivity index (χ1) is 13.6. The topological polar surface area (TPSA) is 77.0 Å². The highest BCUT2D eigenvalue weighted by Gasteiger charge is 2.46. The summed E-state index contributed by atoms with van der Waals surface area (Å²) in [5.74, 6) is -0.802. The second-order valence-corrected chi connectivity index (χ2v) is 6.24. The Morgan fingerprint density at radius 3 is 2.18 bits per heavy atom. The fraction of sp³-hybridized carbons (Fsp3) is 0.136. The number of nitrogens with one attached hydrogen (secondary N) is 1. The first kappa shape index (κ1) is 17.7. The summed E-state index contributed by atoms with van der Waals surface area (Å²) in [6, 6.07) is 21.8. The van der Waals surface area contributed by atoms with E-state index in [0.29, 0.717) is 6.54 Å². The third-order valence-corrected chi connectivity index (χ3v) is 4.35. The fourth-order valence-corrected chi connectivity index (χ4v) is 3.12. The molecule has 1 aliphatic rings. The van der Waals surface area contributed by atoms with Gasteiger partial charge in [0.1, 0.15) is 5.75 Å². The van der Waals surface area contributed by atoms with E-state index in [9.17, 15) is 9.90 Å². The average Bonchev–Trinajstić information content (AvgIpc) is 3.11. The number of carbonyl (C=O) groups is 1. The van der Waals surface area contributed by atoms with Crippen molar-refractivity contribution in [2.45, 2.75) is 12.7 Å². The highest BCUT2D eigenvalue weighted by molar-refractivity contribution is 5.71. The van der Waals surface area contributed by atoms with Crippen LogP contribution in [0.4, 0.5) is 4.79 Å². The molecule has 6 heteroatoms. The van der Waals surface area contributed by atoms with E-state index in [-0.39, 0.29) is 23.0 Å². The molecule has 0 atom stereocenters. The zero-order valence-corrected chi connectivity index (χ0v) is 15.2. The Morgan fingerprint density at radius 1 is 1.00 bits per heavy atom. The molecule has 0 radical (unpaired) electrons. The van der Waals surface area contributed by atoms with Crippen molar-refractivity contribution in [3.63, 3.8) is 0 Å². The van der Waals surface area contributed by atoms with E-state index in [4.69, 9.17) is 14.2 Å². The van der Waals surface area contributed by atoms with Gasteiger partial charge in [-0.25, -0.2) is 4.79 Å². The predicted octanol–water partition coefficient (Wildman–Crippen LogP) is 4.17. The van der Waals surface area contributed by atoms with Crippen molar-refractivity contribution >= 4 is 6.09 Å². The first-order valence-corrected chi connectivity index (χ1v) is 8.94. The lowest BCUT2D eigenvalue weighted by Crippen LogP contribution is -2.36. The second kappa shape index (κ2) is 7.15. The van der Waals surface area contributed by atoms with Crippen molar-refractivity contribution in [3.8, 4) is 23.0 Å². The molecule has 0 aromatic heterocycles. The summed E-state index contributed by atoms with van der Waals surface area (Å²) in [5, 5.41) is 13.0. The monoisotopic (exact) mass is 377 g/mol. The molecule has 0 fully saturated rings. The number of hydrogen-bond acceptors (Lipinski definition) is 5. The summed E-state index contributed by atoms with van der Waals surface area (Å²) in [5.41, 5.74) is 1.53. The smallest absolute Gasteiger partial charge is 0.412 e. The van der Waals surface area contributed by atoms with E-state index >= 15 is 0 Å². The maximum absolute atomic E-state index is 11.7. The number of amides is 1. The van der Waals surface area contributed by atoms with Crippen LogP contribution in [-0.2, 0) is 5.79 Å². The van der Waals surface area contributed by atoms with Gasteiger partial charge in [-0.15, -0.1) is 0 Å². The van der Waals surface area contributed by atoms with Gasteiger partial charge in [-0.1, -0.05) is 60.7 Å². The summed E-state index contributed by atoms with van der Waals surface area (Å²) >= 11 is 0. The number of ether oxygens (including phenoxy) is 3. The van der Waals surface area contributed by atoms with Crippen molar-refractivity contribution in [2.24, 2.45) is 0 Å². The van der Waals surface area contributed by atoms with E-state index in [1.807, 2.05) is 60.7 Å². The number of carbonyl (C=O) groups excluding carboxylic acids is 1. The molecule has 1 aliphatic heterocycles. The molecule has 4 rings (SSSR count). The van der Waals surface area contributed by atoms with E-state index in [1.165, 1.54) is 12.1 Å². The number of rotatable bonds is 4. The van der Waals surface area contributed by atoms with Crippen molar-refractivity contribution in [3.05, 3.63) is 83.9 Å². The predicted molar refractivity (Wildman–Crippen MR) is 103 cm³/mol. The molecule has 0 spiro atoms. The van der Waals surface area contributed by atoms with E-state index in [0.717, 1.165) is 11.1 Å². The lowest BCUT2D eigenvalue weighted by Gasteiger charge is -2.28. The van der Waals surface area contributed by atoms with Crippen LogP contribution in [0.3, 0.4) is 0 Å². The Bertz CT molecular complexity index is 949. The molecule has 0 aliphatic carbocycles. The van der Waals surface area contributed by atoms with Gasteiger partial charge in [0.05, 0.1) is 0 Å². The maximum Gasteiger partial charge on any atom is 0.412 e. The summed E-state index contributed by atoms with van der Waals surface area (Å²) < 4.78 is 17.6. The number of phenols is 1. The van der Waals surface area contributed by atoms with Crippen LogP contribution in [0, 0.1) is 0 Å². The van der Waals surface area contributed by atoms with Crippen LogP contribution in [0.2, 0.25) is 0 Å². The molecule has 3 aromatic carbocycles. The first-order valence-electron chi connectivity index (χ1n) is 8.94. The summed E-state index contributed by atoms with van der Waals surface area (Å²) in [6.45, 7) is 2.22. The van der Waals surface area contributed by atoms with E-state index < -0.39 is 11.9 Å². The Labute approximate surface area is 162 Å². The molecular weight excluding hydrogens is 358 g/mol. The van der Waals surface area contributed by atoms with Crippen molar-refractivity contribution in [1.82, 2.24) is 5.32 Å². The molecule has 0 unspecified atom stereocenters. The number of aromatic hydroxyl groups is 1. The quantitative estimate of drug-likeness (QED) is 0.713. The number of hydrogen-bond donors (Lipinski definition) is 2. The molecular formula is C22H19NO5. The zero-order valence-electron chi connectivity index (χ0n) is 15.2. The highest BCUT2D eigenvalue weighted by atomic mass is 16.7. The third-order valence-electron chi connectivity index (χ3n) is 4.35. The Balaban J connectivity index is 1.76. The molecule has 0 bridgehead atoms. The molecule has 0 saturated carbocycles. The lowest BCUT2D eigenvalue weighted by molar-refractivity contribution is -0.0467. The summed E-state index contributed by atoms with van der Waals surface area (Å²) in [7, 11) is 0. The van der Waals surface area contributed by atoms with E-state index in [2.05, 4.69) is 5.32 Å². The van der Waals surface area contributed by atoms with Crippen LogP contribution in [0.15, 0.2) is 72.8 Å². The van der Waals surface area contributed by atoms with Gasteiger partial charge in [0.2, 0.25) is 5.75 Å². The summed E-state index contributed by atoms with van der Waals surface area (Å²) in [4.78, 5) is 11.7. The van der Waals surface area contributed by atoms with Crippen LogP contribution in [-0.4, -0.2) is 17.7 Å². The van der Waals surface area contributed by atoms with Gasteiger partial charge in [0.15, 0.2) is 11.5 Å². The third kappa shape index (κ3) is 3.09. The van der Waals surface area contributed by atoms with Crippen LogP contribution >= 0.6 is 0 Å². The second-order valence-electron chi connectivity index (χ2n) is 6.24. The molecule has 1 heterocycles. The van der Waals surface area contributed by atoms with Gasteiger partial charge in [-0.05, 0) is 6.92 Å². The Hall–Kier alpha value is -3.67. The normalized spacial score (nSPS) is 13.8. The van der Waals surface area contributed by atoms with Gasteiger partial charge < -0.3 is 24.6 Å². The average molecular weight is 377 g/mol. The minimum atomic E-state index is -1.26. The molecule has 0 saturated heterocycles. The molecule has 142 valence electrons. The molecule has 2 N–H and O–H groups in total. The fourth-order valence-electron chi connectivity index (χ4n) is 3.12. The van der Waals surface area contributed by atoms with Crippen molar-refractivity contribution in [1.29, 1.82) is 0 Å². The molecule has 6 nitrogen and oxygen atoms in total. The van der Waals surface area contributed by atoms with Crippen molar-refractivity contribution < 1.29 is 24.1 Å². The van der Waals surface area contributed by atoms with Gasteiger partial charge in [0.25, 0.3) is 0 Å². The maximum atomic E-state index is 11.7. The molecule has 28 heavy (non-hydrogen) atoms. The van der Waals surface area contributed by atoms with Crippen LogP contribution in [0.1, 0.15) is 18.1 Å². The molecule has 3 aromatic rings. The number of phenolic OH excluding ortho intramolecular Hbond substituents is 1. The number of fused-ring (bicyclic) bond motifs is 1. The van der Waals surface area contributed by atoms with Crippen molar-refractivity contribution in [2.75, 3.05) is 6.54 Å². The molecule has 1 amide bonds. The summed E-state index contributed by atoms with van der Waals surface area (Å²) in [6.07, 6.45) is -0.613. The van der Waals surface area contributed by atoms with Gasteiger partial charge >= 0.3 is 11.9 Å². The standard InChI is InChI=1S/C22H19NO5/c1-2-23-21(25)26-17-13-18(24)20-19(14-17)27-22(28-20,15-9-5-3-6-10-15)16-11-7-4-8-12-16/h3-14,24H,2H2,1H3,(H,23,25). The van der Waals surface area contributed by atoms with Crippen LogP contribution < -0.4 is 19.5 Å². The Morgan fingerprint density at radius 2 is 1.61 bits per heavy atom. The van der Waals surface area contributed by atoms with Gasteiger partial charge in [0, 0.05) is 29.8 Å². The number of benzene rings is 3. The zero-order chi connectivity index (χ0) is 19.6. The highest BCUT2D eigenvalue weighted by Crippen LogP contribution is 2.53. The van der Waals surface area contributed by atoms with E-state index in [1.54, 1.807) is 6.92 Å². The van der Waals surface area contributed by atoms with Crippen LogP contribution in [0.25, 0.3) is 0 Å². The van der Waals surface area contributed by atoms with Gasteiger partial charge in [-0.2, -0.15) is 0 Å². The van der Waals surface area contributed by atoms with Gasteiger partial charge in [-0.3, -0.25) is 0 Å².